The number of nitrogens with zero attached hydrogens (tertiary/aromatic N) is 3. The Labute approximate surface area is 243 Å². The zero-order valence-electron chi connectivity index (χ0n) is 23.1. The lowest BCUT2D eigenvalue weighted by Gasteiger charge is -2.64. The number of benzene rings is 3. The molecule has 4 fully saturated rings. The van der Waals surface area contributed by atoms with E-state index in [1.807, 2.05) is 6.20 Å². The zero-order valence-corrected chi connectivity index (χ0v) is 23.9. The molecular formula is C36H31N3OS. The predicted octanol–water partition coefficient (Wildman–Crippen LogP) is 8.75. The van der Waals surface area contributed by atoms with Gasteiger partial charge >= 0.3 is 0 Å². The van der Waals surface area contributed by atoms with E-state index in [1.165, 1.54) is 65.3 Å². The SMILES string of the molecule is CN1c2cc3ncc(-c4ccsc4)cc3cc2C2(C3CC4CC(C3)CC2C4)C12C=Nc1ccc3ccccc3c1O2. The second kappa shape index (κ2) is 7.77. The summed E-state index contributed by atoms with van der Waals surface area (Å²) in [6, 6.07) is 22.3. The molecule has 1 atom stereocenters. The molecular weight excluding hydrogens is 522 g/mol. The third-order valence-corrected chi connectivity index (χ3v) is 12.2. The molecule has 41 heavy (non-hydrogen) atoms. The third kappa shape index (κ3) is 2.76. The average molecular weight is 554 g/mol. The van der Waals surface area contributed by atoms with Gasteiger partial charge in [-0.15, -0.1) is 0 Å². The standard InChI is InChI=1S/C36H31N3OS/c1-39-33-17-32-25(15-26(18-37-32)24-8-9-41-19-24)16-30(33)36(27-11-21-10-22(13-27)14-28(36)12-21)35(39)20-38-31-7-6-23-4-2-3-5-29(23)34(31)40-35/h2-9,15-22,27-28H,10-14H2,1H3. The van der Waals surface area contributed by atoms with Crippen LogP contribution >= 0.6 is 11.3 Å². The van der Waals surface area contributed by atoms with Gasteiger partial charge in [0.15, 0.2) is 5.75 Å². The normalized spacial score (nSPS) is 32.3. The summed E-state index contributed by atoms with van der Waals surface area (Å²) in [5, 5.41) is 7.94. The van der Waals surface area contributed by atoms with Crippen LogP contribution in [-0.4, -0.2) is 24.0 Å². The van der Waals surface area contributed by atoms with Crippen LogP contribution in [-0.2, 0) is 5.41 Å². The molecule has 2 spiro atoms. The molecule has 0 N–H and O–H groups in total. The number of hydrogen-bond donors (Lipinski definition) is 0. The van der Waals surface area contributed by atoms with Crippen molar-refractivity contribution in [2.24, 2.45) is 28.7 Å². The quantitative estimate of drug-likeness (QED) is 0.208. The number of rotatable bonds is 1. The van der Waals surface area contributed by atoms with Crippen molar-refractivity contribution in [3.8, 4) is 16.9 Å². The van der Waals surface area contributed by atoms with Gasteiger partial charge in [-0.25, -0.2) is 0 Å². The highest BCUT2D eigenvalue weighted by Crippen LogP contribution is 2.71. The van der Waals surface area contributed by atoms with Gasteiger partial charge < -0.3 is 9.64 Å². The van der Waals surface area contributed by atoms with Crippen molar-refractivity contribution in [3.05, 3.63) is 83.2 Å². The fraction of sp³-hybridized carbons (Fsp3) is 0.333. The molecule has 5 aromatic rings. The lowest BCUT2D eigenvalue weighted by molar-refractivity contribution is -0.120. The highest BCUT2D eigenvalue weighted by atomic mass is 32.1. The van der Waals surface area contributed by atoms with Crippen LogP contribution in [0.2, 0.25) is 0 Å². The average Bonchev–Trinajstić information content (AvgIpc) is 3.60. The Balaban J connectivity index is 1.24. The van der Waals surface area contributed by atoms with E-state index in [4.69, 9.17) is 14.7 Å². The number of likely N-dealkylation sites (N-methyl/N-ethyl adjacent to an activating group) is 1. The number of hydrogen-bond acceptors (Lipinski definition) is 5. The molecule has 5 heteroatoms. The molecule has 0 radical (unpaired) electrons. The third-order valence-electron chi connectivity index (χ3n) is 11.5. The van der Waals surface area contributed by atoms with Gasteiger partial charge in [0, 0.05) is 35.3 Å². The first kappa shape index (κ1) is 22.9. The van der Waals surface area contributed by atoms with Crippen LogP contribution in [0.5, 0.6) is 5.75 Å². The summed E-state index contributed by atoms with van der Waals surface area (Å²) in [6.07, 6.45) is 10.8. The van der Waals surface area contributed by atoms with E-state index < -0.39 is 5.72 Å². The van der Waals surface area contributed by atoms with Gasteiger partial charge in [-0.3, -0.25) is 9.98 Å². The van der Waals surface area contributed by atoms with Gasteiger partial charge in [-0.1, -0.05) is 30.3 Å². The first-order chi connectivity index (χ1) is 20.1. The van der Waals surface area contributed by atoms with Crippen molar-refractivity contribution < 1.29 is 4.74 Å². The number of anilines is 1. The Morgan fingerprint density at radius 1 is 0.878 bits per heavy atom. The van der Waals surface area contributed by atoms with Crippen LogP contribution < -0.4 is 9.64 Å². The molecule has 2 aromatic heterocycles. The Kier molecular flexibility index (Phi) is 4.34. The van der Waals surface area contributed by atoms with E-state index >= 15 is 0 Å². The highest BCUT2D eigenvalue weighted by molar-refractivity contribution is 7.08. The van der Waals surface area contributed by atoms with Gasteiger partial charge in [-0.05, 0) is 113 Å². The molecule has 1 unspecified atom stereocenters. The number of aromatic nitrogens is 1. The molecule has 4 heterocycles. The largest absolute Gasteiger partial charge is 0.459 e. The lowest BCUT2D eigenvalue weighted by atomic mass is 9.41. The van der Waals surface area contributed by atoms with Gasteiger partial charge in [-0.2, -0.15) is 11.3 Å². The molecule has 6 aliphatic rings. The van der Waals surface area contributed by atoms with E-state index in [0.29, 0.717) is 11.8 Å². The second-order valence-corrected chi connectivity index (χ2v) is 14.0. The molecule has 202 valence electrons. The topological polar surface area (TPSA) is 37.7 Å². The summed E-state index contributed by atoms with van der Waals surface area (Å²) < 4.78 is 7.54. The van der Waals surface area contributed by atoms with Gasteiger partial charge in [0.2, 0.25) is 5.72 Å². The Bertz CT molecular complexity index is 1900. The minimum absolute atomic E-state index is 0.144. The van der Waals surface area contributed by atoms with Crippen LogP contribution in [0.15, 0.2) is 82.6 Å². The minimum atomic E-state index is -0.664. The summed E-state index contributed by atoms with van der Waals surface area (Å²) in [5.41, 5.74) is 6.33. The zero-order chi connectivity index (χ0) is 26.9. The number of ether oxygens (including phenoxy) is 1. The summed E-state index contributed by atoms with van der Waals surface area (Å²) in [6.45, 7) is 0. The summed E-state index contributed by atoms with van der Waals surface area (Å²) >= 11 is 1.74. The van der Waals surface area contributed by atoms with Gasteiger partial charge in [0.25, 0.3) is 0 Å². The fourth-order valence-corrected chi connectivity index (χ4v) is 10.8. The summed E-state index contributed by atoms with van der Waals surface area (Å²) in [4.78, 5) is 12.7. The van der Waals surface area contributed by atoms with E-state index in [1.54, 1.807) is 11.3 Å². The smallest absolute Gasteiger partial charge is 0.229 e. The van der Waals surface area contributed by atoms with Crippen LogP contribution in [0.4, 0.5) is 11.4 Å². The molecule has 0 saturated heterocycles. The van der Waals surface area contributed by atoms with Crippen molar-refractivity contribution in [1.82, 2.24) is 4.98 Å². The van der Waals surface area contributed by atoms with E-state index in [9.17, 15) is 0 Å². The minimum Gasteiger partial charge on any atom is -0.459 e. The van der Waals surface area contributed by atoms with Gasteiger partial charge in [0.05, 0.1) is 17.1 Å². The fourth-order valence-electron chi connectivity index (χ4n) is 10.1. The van der Waals surface area contributed by atoms with E-state index in [-0.39, 0.29) is 5.41 Å². The van der Waals surface area contributed by atoms with Crippen LogP contribution in [0.1, 0.15) is 37.7 Å². The molecule has 4 saturated carbocycles. The molecule has 3 aromatic carbocycles. The first-order valence-corrected chi connectivity index (χ1v) is 16.0. The number of pyridine rings is 1. The Morgan fingerprint density at radius 2 is 1.71 bits per heavy atom. The molecule has 4 nitrogen and oxygen atoms in total. The number of thiophene rings is 1. The molecule has 11 rings (SSSR count). The van der Waals surface area contributed by atoms with Crippen molar-refractivity contribution >= 4 is 50.6 Å². The maximum absolute atomic E-state index is 7.54. The maximum atomic E-state index is 7.54. The predicted molar refractivity (Wildman–Crippen MR) is 168 cm³/mol. The maximum Gasteiger partial charge on any atom is 0.229 e. The number of fused-ring (bicyclic) bond motifs is 5. The van der Waals surface area contributed by atoms with Crippen molar-refractivity contribution in [3.63, 3.8) is 0 Å². The summed E-state index contributed by atoms with van der Waals surface area (Å²) in [7, 11) is 2.24. The van der Waals surface area contributed by atoms with E-state index in [2.05, 4.69) is 89.6 Å². The molecule has 4 aliphatic carbocycles. The first-order valence-electron chi connectivity index (χ1n) is 15.1. The van der Waals surface area contributed by atoms with Crippen molar-refractivity contribution in [1.29, 1.82) is 0 Å². The molecule has 0 amide bonds. The van der Waals surface area contributed by atoms with Gasteiger partial charge in [0.1, 0.15) is 5.69 Å². The van der Waals surface area contributed by atoms with Crippen molar-refractivity contribution in [2.45, 2.75) is 43.2 Å². The molecule has 4 bridgehead atoms. The highest BCUT2D eigenvalue weighted by Gasteiger charge is 2.73. The Hall–Kier alpha value is -3.70. The number of aliphatic imine (C=N–C) groups is 1. The van der Waals surface area contributed by atoms with Crippen LogP contribution in [0.3, 0.4) is 0 Å². The van der Waals surface area contributed by atoms with Crippen LogP contribution in [0.25, 0.3) is 32.8 Å². The summed E-state index contributed by atoms with van der Waals surface area (Å²) in [5.74, 6) is 3.80. The van der Waals surface area contributed by atoms with Crippen molar-refractivity contribution in [2.75, 3.05) is 11.9 Å². The lowest BCUT2D eigenvalue weighted by Crippen LogP contribution is -2.72. The monoisotopic (exact) mass is 553 g/mol. The van der Waals surface area contributed by atoms with Crippen LogP contribution in [0, 0.1) is 23.7 Å². The second-order valence-electron chi connectivity index (χ2n) is 13.2. The Morgan fingerprint density at radius 3 is 2.51 bits per heavy atom. The van der Waals surface area contributed by atoms with E-state index in [0.717, 1.165) is 34.2 Å². The molecule has 2 aliphatic heterocycles.